The second-order valence-electron chi connectivity index (χ2n) is 6.04. The summed E-state index contributed by atoms with van der Waals surface area (Å²) < 4.78 is 1.69. The molecule has 124 valence electrons. The van der Waals surface area contributed by atoms with E-state index in [0.29, 0.717) is 11.9 Å². The Bertz CT molecular complexity index is 1060. The highest BCUT2D eigenvalue weighted by Crippen LogP contribution is 2.30. The molecule has 0 aliphatic rings. The van der Waals surface area contributed by atoms with Crippen LogP contribution in [-0.4, -0.2) is 9.55 Å². The summed E-state index contributed by atoms with van der Waals surface area (Å²) in [5.74, 6) is 0. The van der Waals surface area contributed by atoms with Gasteiger partial charge in [-0.25, -0.2) is 4.98 Å². The molecule has 0 aliphatic heterocycles. The number of rotatable bonds is 4. The lowest BCUT2D eigenvalue weighted by molar-refractivity contribution is 0.749. The van der Waals surface area contributed by atoms with Crippen LogP contribution < -0.4 is 5.56 Å². The SMILES string of the molecule is CCc1ccc(Cn2cnc3sc(-c4ccccc4)cc3c2=O)cc1. The molecule has 0 N–H and O–H groups in total. The second kappa shape index (κ2) is 6.65. The maximum atomic E-state index is 12.8. The lowest BCUT2D eigenvalue weighted by Gasteiger charge is -2.06. The van der Waals surface area contributed by atoms with Crippen molar-refractivity contribution in [1.82, 2.24) is 9.55 Å². The Labute approximate surface area is 150 Å². The van der Waals surface area contributed by atoms with Gasteiger partial charge in [-0.3, -0.25) is 9.36 Å². The summed E-state index contributed by atoms with van der Waals surface area (Å²) >= 11 is 1.56. The monoisotopic (exact) mass is 346 g/mol. The summed E-state index contributed by atoms with van der Waals surface area (Å²) in [5.41, 5.74) is 3.54. The van der Waals surface area contributed by atoms with Crippen LogP contribution in [0.25, 0.3) is 20.7 Å². The van der Waals surface area contributed by atoms with Crippen molar-refractivity contribution in [3.05, 3.63) is 88.5 Å². The zero-order valence-electron chi connectivity index (χ0n) is 14.0. The zero-order valence-corrected chi connectivity index (χ0v) is 14.8. The van der Waals surface area contributed by atoms with Gasteiger partial charge < -0.3 is 0 Å². The van der Waals surface area contributed by atoms with E-state index in [1.54, 1.807) is 22.2 Å². The molecule has 0 saturated heterocycles. The summed E-state index contributed by atoms with van der Waals surface area (Å²) in [6, 6.07) is 20.5. The van der Waals surface area contributed by atoms with Gasteiger partial charge in [0.25, 0.3) is 5.56 Å². The molecule has 3 nitrogen and oxygen atoms in total. The van der Waals surface area contributed by atoms with Crippen LogP contribution in [0.3, 0.4) is 0 Å². The molecule has 0 radical (unpaired) electrons. The van der Waals surface area contributed by atoms with Crippen molar-refractivity contribution in [2.24, 2.45) is 0 Å². The van der Waals surface area contributed by atoms with E-state index in [1.165, 1.54) is 5.56 Å². The van der Waals surface area contributed by atoms with E-state index >= 15 is 0 Å². The molecule has 0 saturated carbocycles. The van der Waals surface area contributed by atoms with Gasteiger partial charge in [0.05, 0.1) is 18.3 Å². The number of aromatic nitrogens is 2. The predicted molar refractivity (Wildman–Crippen MR) is 104 cm³/mol. The maximum absolute atomic E-state index is 12.8. The molecule has 0 spiro atoms. The number of nitrogens with zero attached hydrogens (tertiary/aromatic N) is 2. The Morgan fingerprint density at radius 3 is 2.44 bits per heavy atom. The van der Waals surface area contributed by atoms with E-state index in [1.807, 2.05) is 24.3 Å². The van der Waals surface area contributed by atoms with Gasteiger partial charge in [-0.05, 0) is 29.2 Å². The molecule has 0 bridgehead atoms. The minimum atomic E-state index is 0.0167. The fraction of sp³-hybridized carbons (Fsp3) is 0.143. The van der Waals surface area contributed by atoms with Gasteiger partial charge >= 0.3 is 0 Å². The van der Waals surface area contributed by atoms with Gasteiger partial charge in [-0.1, -0.05) is 61.5 Å². The minimum Gasteiger partial charge on any atom is -0.294 e. The Kier molecular flexibility index (Phi) is 4.20. The third-order valence-electron chi connectivity index (χ3n) is 4.36. The van der Waals surface area contributed by atoms with Crippen LogP contribution >= 0.6 is 11.3 Å². The zero-order chi connectivity index (χ0) is 17.2. The van der Waals surface area contributed by atoms with Gasteiger partial charge in [0.15, 0.2) is 0 Å². The van der Waals surface area contributed by atoms with E-state index < -0.39 is 0 Å². The topological polar surface area (TPSA) is 34.9 Å². The first kappa shape index (κ1) is 15.8. The molecular formula is C21H18N2OS. The quantitative estimate of drug-likeness (QED) is 0.535. The van der Waals surface area contributed by atoms with E-state index in [-0.39, 0.29) is 5.56 Å². The molecule has 2 heterocycles. The van der Waals surface area contributed by atoms with Gasteiger partial charge in [-0.2, -0.15) is 0 Å². The molecule has 25 heavy (non-hydrogen) atoms. The number of benzene rings is 2. The first-order chi connectivity index (χ1) is 12.2. The average Bonchev–Trinajstić information content (AvgIpc) is 3.11. The summed E-state index contributed by atoms with van der Waals surface area (Å²) in [5, 5.41) is 0.691. The van der Waals surface area contributed by atoms with Crippen molar-refractivity contribution in [3.8, 4) is 10.4 Å². The van der Waals surface area contributed by atoms with Gasteiger partial charge in [-0.15, -0.1) is 11.3 Å². The molecule has 0 unspecified atom stereocenters. The Hall–Kier alpha value is -2.72. The van der Waals surface area contributed by atoms with Crippen LogP contribution in [0.2, 0.25) is 0 Å². The molecule has 4 rings (SSSR count). The first-order valence-corrected chi connectivity index (χ1v) is 9.18. The molecule has 0 atom stereocenters. The van der Waals surface area contributed by atoms with Crippen molar-refractivity contribution >= 4 is 21.6 Å². The van der Waals surface area contributed by atoms with Crippen LogP contribution in [-0.2, 0) is 13.0 Å². The van der Waals surface area contributed by atoms with E-state index in [4.69, 9.17) is 0 Å². The van der Waals surface area contributed by atoms with Crippen LogP contribution in [0.4, 0.5) is 0 Å². The third kappa shape index (κ3) is 3.13. The fourth-order valence-corrected chi connectivity index (χ4v) is 3.89. The minimum absolute atomic E-state index is 0.0167. The van der Waals surface area contributed by atoms with Crippen molar-refractivity contribution in [1.29, 1.82) is 0 Å². The number of thiophene rings is 1. The second-order valence-corrected chi connectivity index (χ2v) is 7.07. The van der Waals surface area contributed by atoms with E-state index in [0.717, 1.165) is 27.3 Å². The van der Waals surface area contributed by atoms with Crippen LogP contribution in [0.1, 0.15) is 18.1 Å². The lowest BCUT2D eigenvalue weighted by atomic mass is 10.1. The fourth-order valence-electron chi connectivity index (χ4n) is 2.89. The molecule has 2 aromatic heterocycles. The molecular weight excluding hydrogens is 328 g/mol. The molecule has 2 aromatic carbocycles. The van der Waals surface area contributed by atoms with Gasteiger partial charge in [0, 0.05) is 4.88 Å². The lowest BCUT2D eigenvalue weighted by Crippen LogP contribution is -2.20. The predicted octanol–water partition coefficient (Wildman–Crippen LogP) is 4.74. The molecule has 0 aliphatic carbocycles. The molecule has 4 aromatic rings. The highest BCUT2D eigenvalue weighted by molar-refractivity contribution is 7.21. The number of aryl methyl sites for hydroxylation is 1. The highest BCUT2D eigenvalue weighted by atomic mass is 32.1. The molecule has 0 fully saturated rings. The summed E-state index contributed by atoms with van der Waals surface area (Å²) in [6.07, 6.45) is 2.68. The maximum Gasteiger partial charge on any atom is 0.262 e. The summed E-state index contributed by atoms with van der Waals surface area (Å²) in [4.78, 5) is 19.2. The smallest absolute Gasteiger partial charge is 0.262 e. The summed E-state index contributed by atoms with van der Waals surface area (Å²) in [6.45, 7) is 2.68. The van der Waals surface area contributed by atoms with Gasteiger partial charge in [0.2, 0.25) is 0 Å². The van der Waals surface area contributed by atoms with Crippen molar-refractivity contribution < 1.29 is 0 Å². The van der Waals surface area contributed by atoms with Crippen LogP contribution in [0.15, 0.2) is 71.8 Å². The van der Waals surface area contributed by atoms with Crippen LogP contribution in [0, 0.1) is 0 Å². The number of hydrogen-bond donors (Lipinski definition) is 0. The normalized spacial score (nSPS) is 11.1. The Morgan fingerprint density at radius 1 is 1.00 bits per heavy atom. The van der Waals surface area contributed by atoms with Crippen LogP contribution in [0.5, 0.6) is 0 Å². The van der Waals surface area contributed by atoms with E-state index in [9.17, 15) is 4.79 Å². The third-order valence-corrected chi connectivity index (χ3v) is 5.45. The Morgan fingerprint density at radius 2 is 1.72 bits per heavy atom. The van der Waals surface area contributed by atoms with Crippen molar-refractivity contribution in [2.75, 3.05) is 0 Å². The van der Waals surface area contributed by atoms with Crippen molar-refractivity contribution in [2.45, 2.75) is 19.9 Å². The van der Waals surface area contributed by atoms with Crippen molar-refractivity contribution in [3.63, 3.8) is 0 Å². The Balaban J connectivity index is 1.71. The molecule has 0 amide bonds. The summed E-state index contributed by atoms with van der Waals surface area (Å²) in [7, 11) is 0. The largest absolute Gasteiger partial charge is 0.294 e. The first-order valence-electron chi connectivity index (χ1n) is 8.37. The highest BCUT2D eigenvalue weighted by Gasteiger charge is 2.10. The standard InChI is InChI=1S/C21H18N2OS/c1-2-15-8-10-16(11-9-15)13-23-14-22-20-18(21(23)24)12-19(25-20)17-6-4-3-5-7-17/h3-12,14H,2,13H2,1H3. The number of hydrogen-bond acceptors (Lipinski definition) is 3. The van der Waals surface area contributed by atoms with Gasteiger partial charge in [0.1, 0.15) is 4.83 Å². The molecule has 4 heteroatoms. The number of fused-ring (bicyclic) bond motifs is 1. The van der Waals surface area contributed by atoms with E-state index in [2.05, 4.69) is 48.3 Å². The average molecular weight is 346 g/mol.